The molecule has 0 unspecified atom stereocenters. The number of sulfonamides is 1. The average Bonchev–Trinajstić information content (AvgIpc) is 3.22. The molecule has 0 bridgehead atoms. The Morgan fingerprint density at radius 3 is 2.51 bits per heavy atom. The van der Waals surface area contributed by atoms with E-state index in [9.17, 15) is 8.42 Å². The van der Waals surface area contributed by atoms with E-state index in [-0.39, 0.29) is 11.4 Å². The van der Waals surface area contributed by atoms with Crippen molar-refractivity contribution in [2.45, 2.75) is 24.4 Å². The molecule has 0 amide bonds. The lowest BCUT2D eigenvalue weighted by Crippen LogP contribution is -2.28. The van der Waals surface area contributed by atoms with E-state index in [0.29, 0.717) is 30.5 Å². The van der Waals surface area contributed by atoms with Gasteiger partial charge in [0.15, 0.2) is 11.5 Å². The molecule has 0 fully saturated rings. The zero-order valence-electron chi connectivity index (χ0n) is 19.9. The number of benzene rings is 3. The minimum Gasteiger partial charge on any atom is -0.493 e. The van der Waals surface area contributed by atoms with E-state index in [1.807, 2.05) is 53.1 Å². The van der Waals surface area contributed by atoms with Gasteiger partial charge in [0, 0.05) is 7.05 Å². The van der Waals surface area contributed by atoms with Gasteiger partial charge in [-0.3, -0.25) is 0 Å². The quantitative estimate of drug-likeness (QED) is 0.285. The van der Waals surface area contributed by atoms with Crippen LogP contribution in [0.25, 0.3) is 11.0 Å². The Hall–Kier alpha value is -3.62. The molecular weight excluding hydrogens is 462 g/mol. The molecule has 0 N–H and O–H groups in total. The third-order valence-corrected chi connectivity index (χ3v) is 7.55. The van der Waals surface area contributed by atoms with Gasteiger partial charge in [-0.1, -0.05) is 42.5 Å². The Morgan fingerprint density at radius 2 is 1.77 bits per heavy atom. The van der Waals surface area contributed by atoms with Crippen molar-refractivity contribution in [2.75, 3.05) is 20.8 Å². The second-order valence-electron chi connectivity index (χ2n) is 8.07. The summed E-state index contributed by atoms with van der Waals surface area (Å²) in [6.07, 6.45) is 2.59. The van der Waals surface area contributed by atoms with E-state index in [0.717, 1.165) is 23.0 Å². The van der Waals surface area contributed by atoms with Crippen LogP contribution in [-0.4, -0.2) is 43.0 Å². The number of nitrogens with zero attached hydrogens (tertiary/aromatic N) is 3. The van der Waals surface area contributed by atoms with Crippen LogP contribution >= 0.6 is 0 Å². The van der Waals surface area contributed by atoms with Crippen LogP contribution in [0.5, 0.6) is 11.5 Å². The number of hydrogen-bond donors (Lipinski definition) is 0. The van der Waals surface area contributed by atoms with Crippen molar-refractivity contribution in [3.63, 3.8) is 0 Å². The zero-order valence-corrected chi connectivity index (χ0v) is 20.7. The largest absolute Gasteiger partial charge is 0.493 e. The van der Waals surface area contributed by atoms with Gasteiger partial charge in [0.25, 0.3) is 0 Å². The van der Waals surface area contributed by atoms with Crippen molar-refractivity contribution in [1.82, 2.24) is 13.9 Å². The first-order valence-corrected chi connectivity index (χ1v) is 12.7. The van der Waals surface area contributed by atoms with E-state index >= 15 is 0 Å². The van der Waals surface area contributed by atoms with Crippen LogP contribution in [0.3, 0.4) is 0 Å². The molecular formula is C27H29N3O4S. The minimum atomic E-state index is -3.65. The number of allylic oxidation sites excluding steroid dienone is 1. The average molecular weight is 492 g/mol. The summed E-state index contributed by atoms with van der Waals surface area (Å²) in [5.74, 6) is 1.95. The number of hydrogen-bond acceptors (Lipinski definition) is 5. The van der Waals surface area contributed by atoms with Crippen LogP contribution in [0.4, 0.5) is 0 Å². The molecule has 0 aliphatic rings. The van der Waals surface area contributed by atoms with E-state index in [1.165, 1.54) is 4.31 Å². The third-order valence-electron chi connectivity index (χ3n) is 5.73. The van der Waals surface area contributed by atoms with Gasteiger partial charge in [0.05, 0.1) is 36.1 Å². The highest BCUT2D eigenvalue weighted by molar-refractivity contribution is 7.89. The number of fused-ring (bicyclic) bond motifs is 1. The second-order valence-corrected chi connectivity index (χ2v) is 10.1. The molecule has 8 heteroatoms. The van der Waals surface area contributed by atoms with Crippen molar-refractivity contribution in [3.8, 4) is 11.5 Å². The van der Waals surface area contributed by atoms with Crippen LogP contribution in [0.15, 0.2) is 90.3 Å². The first kappa shape index (κ1) is 24.5. The summed E-state index contributed by atoms with van der Waals surface area (Å²) in [5.41, 5.74) is 2.82. The number of rotatable bonds is 11. The monoisotopic (exact) mass is 491 g/mol. The molecule has 0 aliphatic heterocycles. The number of para-hydroxylation sites is 2. The standard InChI is InChI=1S/C27H29N3O4S/c1-4-10-21-15-16-25(26(19-21)33-3)34-18-17-30-24-14-9-8-13-23(24)28-27(30)20-29(2)35(31,32)22-11-6-5-7-12-22/h4-9,11-16,19H,1,10,17-18,20H2,2-3H3. The summed E-state index contributed by atoms with van der Waals surface area (Å²) in [6, 6.07) is 22.0. The summed E-state index contributed by atoms with van der Waals surface area (Å²) < 4.78 is 41.0. The fourth-order valence-electron chi connectivity index (χ4n) is 3.92. The molecule has 1 aromatic heterocycles. The maximum Gasteiger partial charge on any atom is 0.243 e. The fraction of sp³-hybridized carbons (Fsp3) is 0.222. The van der Waals surface area contributed by atoms with Gasteiger partial charge >= 0.3 is 0 Å². The maximum absolute atomic E-state index is 13.1. The van der Waals surface area contributed by atoms with E-state index in [4.69, 9.17) is 14.5 Å². The molecule has 0 atom stereocenters. The Morgan fingerprint density at radius 1 is 1.03 bits per heavy atom. The molecule has 182 valence electrons. The smallest absolute Gasteiger partial charge is 0.243 e. The van der Waals surface area contributed by atoms with Crippen LogP contribution in [0.2, 0.25) is 0 Å². The van der Waals surface area contributed by atoms with Gasteiger partial charge in [-0.15, -0.1) is 6.58 Å². The molecule has 0 aliphatic carbocycles. The lowest BCUT2D eigenvalue weighted by molar-refractivity contribution is 0.278. The first-order valence-electron chi connectivity index (χ1n) is 11.3. The molecule has 0 saturated heterocycles. The predicted octanol–water partition coefficient (Wildman–Crippen LogP) is 4.67. The third kappa shape index (κ3) is 5.39. The van der Waals surface area contributed by atoms with Gasteiger partial charge < -0.3 is 14.0 Å². The number of imidazole rings is 1. The Balaban J connectivity index is 1.55. The van der Waals surface area contributed by atoms with Crippen molar-refractivity contribution in [1.29, 1.82) is 0 Å². The zero-order chi connectivity index (χ0) is 24.8. The summed E-state index contributed by atoms with van der Waals surface area (Å²) in [7, 11) is -0.464. The van der Waals surface area contributed by atoms with Gasteiger partial charge in [0.1, 0.15) is 12.4 Å². The fourth-order valence-corrected chi connectivity index (χ4v) is 5.07. The van der Waals surface area contributed by atoms with Crippen LogP contribution in [-0.2, 0) is 29.5 Å². The molecule has 4 rings (SSSR count). The van der Waals surface area contributed by atoms with Crippen LogP contribution < -0.4 is 9.47 Å². The molecule has 0 saturated carbocycles. The SMILES string of the molecule is C=CCc1ccc(OCCn2c(CN(C)S(=O)(=O)c3ccccc3)nc3ccccc32)c(OC)c1. The van der Waals surface area contributed by atoms with Crippen LogP contribution in [0.1, 0.15) is 11.4 Å². The summed E-state index contributed by atoms with van der Waals surface area (Å²) in [6.45, 7) is 4.76. The van der Waals surface area contributed by atoms with E-state index < -0.39 is 10.0 Å². The van der Waals surface area contributed by atoms with Crippen LogP contribution in [0, 0.1) is 0 Å². The lowest BCUT2D eigenvalue weighted by Gasteiger charge is -2.18. The van der Waals surface area contributed by atoms with Gasteiger partial charge in [-0.25, -0.2) is 13.4 Å². The Bertz CT molecular complexity index is 1420. The lowest BCUT2D eigenvalue weighted by atomic mass is 10.1. The number of aromatic nitrogens is 2. The highest BCUT2D eigenvalue weighted by Gasteiger charge is 2.23. The highest BCUT2D eigenvalue weighted by Crippen LogP contribution is 2.29. The topological polar surface area (TPSA) is 73.7 Å². The summed E-state index contributed by atoms with van der Waals surface area (Å²) in [5, 5.41) is 0. The molecule has 1 heterocycles. The second kappa shape index (κ2) is 10.8. The van der Waals surface area contributed by atoms with Gasteiger partial charge in [-0.2, -0.15) is 4.31 Å². The van der Waals surface area contributed by atoms with Gasteiger partial charge in [0.2, 0.25) is 10.0 Å². The van der Waals surface area contributed by atoms with E-state index in [2.05, 4.69) is 6.58 Å². The molecule has 35 heavy (non-hydrogen) atoms. The van der Waals surface area contributed by atoms with Gasteiger partial charge in [-0.05, 0) is 48.4 Å². The van der Waals surface area contributed by atoms with E-state index in [1.54, 1.807) is 44.5 Å². The van der Waals surface area contributed by atoms with Crippen molar-refractivity contribution < 1.29 is 17.9 Å². The van der Waals surface area contributed by atoms with Crippen molar-refractivity contribution in [2.24, 2.45) is 0 Å². The maximum atomic E-state index is 13.1. The normalized spacial score (nSPS) is 11.6. The Labute approximate surface area is 206 Å². The van der Waals surface area contributed by atoms with Crippen molar-refractivity contribution in [3.05, 3.63) is 96.8 Å². The summed E-state index contributed by atoms with van der Waals surface area (Å²) in [4.78, 5) is 4.97. The molecule has 3 aromatic carbocycles. The summed E-state index contributed by atoms with van der Waals surface area (Å²) >= 11 is 0. The Kier molecular flexibility index (Phi) is 7.53. The molecule has 7 nitrogen and oxygen atoms in total. The predicted molar refractivity (Wildman–Crippen MR) is 137 cm³/mol. The first-order chi connectivity index (χ1) is 16.9. The minimum absolute atomic E-state index is 0.130. The molecule has 0 radical (unpaired) electrons. The highest BCUT2D eigenvalue weighted by atomic mass is 32.2. The van der Waals surface area contributed by atoms with Crippen molar-refractivity contribution >= 4 is 21.1 Å². The number of methoxy groups -OCH3 is 1. The molecule has 4 aromatic rings. The molecule has 0 spiro atoms. The number of ether oxygens (including phenoxy) is 2.